The lowest BCUT2D eigenvalue weighted by molar-refractivity contribution is -0.00459. The van der Waals surface area contributed by atoms with Crippen LogP contribution in [-0.4, -0.2) is 29.8 Å². The molecule has 0 bridgehead atoms. The Bertz CT molecular complexity index is 1100. The lowest BCUT2D eigenvalue weighted by Gasteiger charge is -2.37. The number of carbonyl (C=O) groups is 1. The number of fused-ring (bicyclic) bond motifs is 3. The molecule has 2 aliphatic rings. The zero-order valence-electron chi connectivity index (χ0n) is 15.5. The van der Waals surface area contributed by atoms with Crippen LogP contribution in [0.1, 0.15) is 33.3 Å². The third-order valence-corrected chi connectivity index (χ3v) is 6.57. The van der Waals surface area contributed by atoms with Gasteiger partial charge in [-0.05, 0) is 53.9 Å². The van der Waals surface area contributed by atoms with Gasteiger partial charge in [-0.25, -0.2) is 5.01 Å². The Hall–Kier alpha value is -2.64. The molecular formula is C22H17BrN2O3S. The zero-order valence-corrected chi connectivity index (χ0v) is 17.9. The number of thiophene rings is 1. The molecule has 0 spiro atoms. The predicted molar refractivity (Wildman–Crippen MR) is 116 cm³/mol. The van der Waals surface area contributed by atoms with Crippen LogP contribution < -0.4 is 9.47 Å². The molecule has 0 fully saturated rings. The van der Waals surface area contributed by atoms with Crippen LogP contribution in [0.4, 0.5) is 0 Å². The van der Waals surface area contributed by atoms with Crippen molar-refractivity contribution in [2.24, 2.45) is 5.10 Å². The average Bonchev–Trinajstić information content (AvgIpc) is 3.43. The predicted octanol–water partition coefficient (Wildman–Crippen LogP) is 5.27. The van der Waals surface area contributed by atoms with Crippen LogP contribution in [0.15, 0.2) is 69.6 Å². The van der Waals surface area contributed by atoms with Crippen molar-refractivity contribution in [1.82, 2.24) is 5.01 Å². The Balaban J connectivity index is 1.55. The van der Waals surface area contributed by atoms with Crippen molar-refractivity contribution in [2.75, 3.05) is 7.11 Å². The number of benzene rings is 2. The summed E-state index contributed by atoms with van der Waals surface area (Å²) < 4.78 is 12.3. The van der Waals surface area contributed by atoms with Crippen LogP contribution in [0, 0.1) is 0 Å². The van der Waals surface area contributed by atoms with Gasteiger partial charge in [-0.15, -0.1) is 11.3 Å². The molecule has 2 atom stereocenters. The van der Waals surface area contributed by atoms with Crippen molar-refractivity contribution in [1.29, 1.82) is 0 Å². The highest BCUT2D eigenvalue weighted by atomic mass is 79.9. The second-order valence-corrected chi connectivity index (χ2v) is 8.73. The Morgan fingerprint density at radius 1 is 1.24 bits per heavy atom. The fourth-order valence-electron chi connectivity index (χ4n) is 3.72. The molecule has 5 rings (SSSR count). The lowest BCUT2D eigenvalue weighted by Crippen LogP contribution is -2.45. The molecule has 5 nitrogen and oxygen atoms in total. The largest absolute Gasteiger partial charge is 0.497 e. The monoisotopic (exact) mass is 468 g/mol. The number of methoxy groups -OCH3 is 1. The van der Waals surface area contributed by atoms with Crippen LogP contribution in [-0.2, 0) is 0 Å². The van der Waals surface area contributed by atoms with E-state index in [4.69, 9.17) is 14.6 Å². The van der Waals surface area contributed by atoms with E-state index in [0.29, 0.717) is 11.3 Å². The Kier molecular flexibility index (Phi) is 4.64. The van der Waals surface area contributed by atoms with E-state index in [-0.39, 0.29) is 11.8 Å². The van der Waals surface area contributed by atoms with Crippen molar-refractivity contribution in [3.05, 3.63) is 80.5 Å². The van der Waals surface area contributed by atoms with E-state index >= 15 is 0 Å². The van der Waals surface area contributed by atoms with Crippen LogP contribution in [0.3, 0.4) is 0 Å². The molecular weight excluding hydrogens is 452 g/mol. The van der Waals surface area contributed by atoms with Crippen molar-refractivity contribution in [3.8, 4) is 11.5 Å². The Morgan fingerprint density at radius 3 is 2.79 bits per heavy atom. The quantitative estimate of drug-likeness (QED) is 0.489. The summed E-state index contributed by atoms with van der Waals surface area (Å²) >= 11 is 5.20. The van der Waals surface area contributed by atoms with Crippen LogP contribution in [0.2, 0.25) is 0 Å². The molecule has 0 N–H and O–H groups in total. The topological polar surface area (TPSA) is 51.1 Å². The number of nitrogens with zero attached hydrogens (tertiary/aromatic N) is 2. The molecule has 0 amide bonds. The second kappa shape index (κ2) is 7.31. The minimum Gasteiger partial charge on any atom is -0.497 e. The SMILES string of the molecule is COc1ccc(C(=O)[C@H]2Oc3ccc(Br)cc3[C@@H]3CC(c4cccs4)=NN23)cc1. The molecule has 0 saturated heterocycles. The summed E-state index contributed by atoms with van der Waals surface area (Å²) in [4.78, 5) is 14.4. The fraction of sp³-hybridized carbons (Fsp3) is 0.182. The number of hydrogen-bond acceptors (Lipinski definition) is 6. The van der Waals surface area contributed by atoms with E-state index in [0.717, 1.165) is 32.8 Å². The summed E-state index contributed by atoms with van der Waals surface area (Å²) in [6.45, 7) is 0. The number of rotatable bonds is 4. The van der Waals surface area contributed by atoms with Crippen LogP contribution in [0.25, 0.3) is 0 Å². The van der Waals surface area contributed by atoms with Gasteiger partial charge in [-0.1, -0.05) is 22.0 Å². The molecule has 0 unspecified atom stereocenters. The maximum absolute atomic E-state index is 13.3. The minimum atomic E-state index is -0.806. The standard InChI is InChI=1S/C22H17BrN2O3S/c1-27-15-7-4-13(5-8-15)21(26)22-25-18(12-17(24-25)20-3-2-10-29-20)16-11-14(23)6-9-19(16)28-22/h2-11,18,22H,12H2,1H3/t18-,22+/m0/s1. The van der Waals surface area contributed by atoms with E-state index in [1.807, 2.05) is 34.7 Å². The number of Topliss-reactive ketones (excluding diaryl/α,β-unsaturated/α-hetero) is 1. The Labute approximate surface area is 180 Å². The number of halogens is 1. The minimum absolute atomic E-state index is 0.0412. The van der Waals surface area contributed by atoms with Gasteiger partial charge in [0.25, 0.3) is 6.23 Å². The molecule has 2 aliphatic heterocycles. The van der Waals surface area contributed by atoms with Gasteiger partial charge in [0.05, 0.1) is 23.7 Å². The smallest absolute Gasteiger partial charge is 0.251 e. The first kappa shape index (κ1) is 18.4. The molecule has 3 aromatic rings. The van der Waals surface area contributed by atoms with E-state index in [2.05, 4.69) is 22.0 Å². The molecule has 0 aliphatic carbocycles. The van der Waals surface area contributed by atoms with Gasteiger partial charge in [0.15, 0.2) is 0 Å². The van der Waals surface area contributed by atoms with Gasteiger partial charge in [0, 0.05) is 22.0 Å². The van der Waals surface area contributed by atoms with Gasteiger partial charge in [0.2, 0.25) is 5.78 Å². The average molecular weight is 469 g/mol. The highest BCUT2D eigenvalue weighted by Crippen LogP contribution is 2.44. The number of carbonyl (C=O) groups excluding carboxylic acids is 1. The van der Waals surface area contributed by atoms with Crippen molar-refractivity contribution < 1.29 is 14.3 Å². The summed E-state index contributed by atoms with van der Waals surface area (Å²) in [5, 5.41) is 8.67. The van der Waals surface area contributed by atoms with E-state index in [9.17, 15) is 4.79 Å². The number of hydrazone groups is 1. The maximum atomic E-state index is 13.3. The van der Waals surface area contributed by atoms with Crippen LogP contribution in [0.5, 0.6) is 11.5 Å². The molecule has 29 heavy (non-hydrogen) atoms. The Morgan fingerprint density at radius 2 is 2.07 bits per heavy atom. The van der Waals surface area contributed by atoms with Crippen molar-refractivity contribution >= 4 is 38.8 Å². The number of hydrogen-bond donors (Lipinski definition) is 0. The van der Waals surface area contributed by atoms with Gasteiger partial charge >= 0.3 is 0 Å². The first-order valence-corrected chi connectivity index (χ1v) is 10.9. The highest BCUT2D eigenvalue weighted by Gasteiger charge is 2.43. The van der Waals surface area contributed by atoms with E-state index < -0.39 is 6.23 Å². The molecule has 1 aromatic heterocycles. The number of ether oxygens (including phenoxy) is 2. The highest BCUT2D eigenvalue weighted by molar-refractivity contribution is 9.10. The molecule has 146 valence electrons. The van der Waals surface area contributed by atoms with Crippen molar-refractivity contribution in [2.45, 2.75) is 18.7 Å². The molecule has 0 radical (unpaired) electrons. The van der Waals surface area contributed by atoms with Crippen molar-refractivity contribution in [3.63, 3.8) is 0 Å². The summed E-state index contributed by atoms with van der Waals surface area (Å²) in [5.41, 5.74) is 2.58. The van der Waals surface area contributed by atoms with E-state index in [1.54, 1.807) is 42.7 Å². The first-order chi connectivity index (χ1) is 14.1. The third kappa shape index (κ3) is 3.24. The van der Waals surface area contributed by atoms with Gasteiger partial charge in [-0.3, -0.25) is 4.79 Å². The number of ketones is 1. The fourth-order valence-corrected chi connectivity index (χ4v) is 4.82. The molecule has 0 saturated carbocycles. The zero-order chi connectivity index (χ0) is 20.0. The van der Waals surface area contributed by atoms with Gasteiger partial charge in [-0.2, -0.15) is 5.10 Å². The molecule has 3 heterocycles. The normalized spacial score (nSPS) is 19.8. The summed E-state index contributed by atoms with van der Waals surface area (Å²) in [6.07, 6.45) is -0.0702. The third-order valence-electron chi connectivity index (χ3n) is 5.16. The van der Waals surface area contributed by atoms with Gasteiger partial charge < -0.3 is 9.47 Å². The van der Waals surface area contributed by atoms with Crippen LogP contribution >= 0.6 is 27.3 Å². The summed E-state index contributed by atoms with van der Waals surface area (Å²) in [5.74, 6) is 1.31. The summed E-state index contributed by atoms with van der Waals surface area (Å²) in [7, 11) is 1.60. The molecule has 7 heteroatoms. The summed E-state index contributed by atoms with van der Waals surface area (Å²) in [6, 6.07) is 17.0. The molecule has 2 aromatic carbocycles. The second-order valence-electron chi connectivity index (χ2n) is 6.87. The van der Waals surface area contributed by atoms with Gasteiger partial charge in [0.1, 0.15) is 11.5 Å². The maximum Gasteiger partial charge on any atom is 0.251 e. The van der Waals surface area contributed by atoms with E-state index in [1.165, 1.54) is 0 Å². The first-order valence-electron chi connectivity index (χ1n) is 9.18. The lowest BCUT2D eigenvalue weighted by atomic mass is 9.97.